The molecule has 1 saturated carbocycles. The largest absolute Gasteiger partial charge is 0.496 e. The summed E-state index contributed by atoms with van der Waals surface area (Å²) in [6, 6.07) is 10.4. The number of fused-ring (bicyclic) bond motifs is 1. The molecule has 0 amide bonds. The number of nitrogens with one attached hydrogen (secondary N) is 1. The molecular formula is C32H44N6O4. The quantitative estimate of drug-likeness (QED) is 0.412. The first-order valence-electron chi connectivity index (χ1n) is 15.5. The Labute approximate surface area is 248 Å². The molecule has 0 bridgehead atoms. The van der Waals surface area contributed by atoms with E-state index in [1.807, 2.05) is 6.07 Å². The summed E-state index contributed by atoms with van der Waals surface area (Å²) in [5.41, 5.74) is 3.62. The molecule has 0 spiro atoms. The van der Waals surface area contributed by atoms with Crippen LogP contribution in [-0.2, 0) is 16.0 Å². The van der Waals surface area contributed by atoms with Crippen LogP contribution in [0.1, 0.15) is 45.1 Å². The average molecular weight is 577 g/mol. The van der Waals surface area contributed by atoms with Crippen molar-refractivity contribution in [1.82, 2.24) is 20.3 Å². The molecule has 2 saturated heterocycles. The lowest BCUT2D eigenvalue weighted by Gasteiger charge is -2.36. The molecule has 4 unspecified atom stereocenters. The smallest absolute Gasteiger partial charge is 0.229 e. The Morgan fingerprint density at radius 2 is 1.76 bits per heavy atom. The third-order valence-electron chi connectivity index (χ3n) is 8.71. The van der Waals surface area contributed by atoms with Gasteiger partial charge in [0.15, 0.2) is 5.65 Å². The summed E-state index contributed by atoms with van der Waals surface area (Å²) >= 11 is 0. The molecule has 2 aromatic heterocycles. The molecule has 226 valence electrons. The highest BCUT2D eigenvalue weighted by Gasteiger charge is 2.27. The number of aromatic nitrogens is 3. The minimum atomic E-state index is -0.209. The molecule has 1 aromatic carbocycles. The third kappa shape index (κ3) is 6.46. The lowest BCUT2D eigenvalue weighted by Crippen LogP contribution is -2.46. The Hall–Kier alpha value is -3.05. The molecule has 3 aromatic rings. The van der Waals surface area contributed by atoms with Crippen molar-refractivity contribution in [2.45, 2.75) is 64.4 Å². The molecule has 10 nitrogen and oxygen atoms in total. The van der Waals surface area contributed by atoms with Crippen molar-refractivity contribution in [3.63, 3.8) is 0 Å². The maximum absolute atomic E-state index is 10.4. The molecule has 42 heavy (non-hydrogen) atoms. The van der Waals surface area contributed by atoms with Gasteiger partial charge in [-0.1, -0.05) is 12.8 Å². The van der Waals surface area contributed by atoms with E-state index in [2.05, 4.69) is 53.2 Å². The van der Waals surface area contributed by atoms with E-state index < -0.39 is 0 Å². The number of nitrogens with zero attached hydrogens (tertiary/aromatic N) is 5. The number of hydrogen-bond acceptors (Lipinski definition) is 10. The first-order valence-corrected chi connectivity index (χ1v) is 15.5. The van der Waals surface area contributed by atoms with Gasteiger partial charge in [0.05, 0.1) is 49.7 Å². The second-order valence-electron chi connectivity index (χ2n) is 11.9. The zero-order valence-electron chi connectivity index (χ0n) is 25.1. The normalized spacial score (nSPS) is 25.1. The number of pyridine rings is 1. The van der Waals surface area contributed by atoms with Crippen molar-refractivity contribution in [3.8, 4) is 17.0 Å². The van der Waals surface area contributed by atoms with Crippen molar-refractivity contribution in [2.24, 2.45) is 5.92 Å². The number of methoxy groups -OCH3 is 1. The predicted molar refractivity (Wildman–Crippen MR) is 164 cm³/mol. The van der Waals surface area contributed by atoms with E-state index in [1.165, 1.54) is 6.42 Å². The van der Waals surface area contributed by atoms with Gasteiger partial charge in [-0.05, 0) is 62.9 Å². The number of hydrogen-bond donors (Lipinski definition) is 2. The van der Waals surface area contributed by atoms with Crippen LogP contribution in [0.15, 0.2) is 30.3 Å². The number of benzene rings is 1. The Kier molecular flexibility index (Phi) is 9.04. The van der Waals surface area contributed by atoms with Crippen LogP contribution in [0.5, 0.6) is 5.75 Å². The minimum absolute atomic E-state index is 0.104. The molecule has 10 heteroatoms. The van der Waals surface area contributed by atoms with Gasteiger partial charge in [-0.2, -0.15) is 9.97 Å². The molecule has 4 heterocycles. The fourth-order valence-electron chi connectivity index (χ4n) is 6.54. The number of ether oxygens (including phenoxy) is 3. The number of morpholine rings is 2. The molecule has 6 rings (SSSR count). The summed E-state index contributed by atoms with van der Waals surface area (Å²) in [6.07, 6.45) is 4.29. The molecule has 0 radical (unpaired) electrons. The monoisotopic (exact) mass is 576 g/mol. The second kappa shape index (κ2) is 13.1. The van der Waals surface area contributed by atoms with Crippen LogP contribution in [0.4, 0.5) is 11.8 Å². The summed E-state index contributed by atoms with van der Waals surface area (Å²) in [7, 11) is 1.70. The Balaban J connectivity index is 1.31. The van der Waals surface area contributed by atoms with Crippen LogP contribution in [0, 0.1) is 5.92 Å². The topological polar surface area (TPSA) is 105 Å². The lowest BCUT2D eigenvalue weighted by atomic mass is 9.86. The third-order valence-corrected chi connectivity index (χ3v) is 8.71. The number of rotatable bonds is 8. The highest BCUT2D eigenvalue weighted by atomic mass is 16.5. The molecule has 4 atom stereocenters. The maximum Gasteiger partial charge on any atom is 0.229 e. The molecular weight excluding hydrogens is 532 g/mol. The highest BCUT2D eigenvalue weighted by Crippen LogP contribution is 2.32. The van der Waals surface area contributed by atoms with Crippen LogP contribution >= 0.6 is 0 Å². The standard InChI is InChI=1S/C32H44N6O4/c1-21-19-38(20-22(2)42-21)32-35-30-26(31(36-32)37-12-14-41-15-13-37)9-10-27(34-30)23-8-11-29(40-3)25(16-23)18-33-17-24-6-4-5-7-28(24)39/h8-11,16,21-22,24,28,33,39H,4-7,12-15,17-20H2,1-3H3. The number of aliphatic hydroxyl groups excluding tert-OH is 1. The van der Waals surface area contributed by atoms with Gasteiger partial charge in [-0.3, -0.25) is 0 Å². The molecule has 2 N–H and O–H groups in total. The average Bonchev–Trinajstić information content (AvgIpc) is 3.01. The summed E-state index contributed by atoms with van der Waals surface area (Å²) < 4.78 is 17.3. The maximum atomic E-state index is 10.4. The van der Waals surface area contributed by atoms with E-state index in [9.17, 15) is 5.11 Å². The Bertz CT molecular complexity index is 1360. The van der Waals surface area contributed by atoms with E-state index in [1.54, 1.807) is 7.11 Å². The van der Waals surface area contributed by atoms with Gasteiger partial charge in [0, 0.05) is 50.4 Å². The SMILES string of the molecule is COc1ccc(-c2ccc3c(N4CCOCC4)nc(N4CC(C)OC(C)C4)nc3n2)cc1CNCC1CCCCC1O. The molecule has 3 fully saturated rings. The Morgan fingerprint density at radius 3 is 2.52 bits per heavy atom. The predicted octanol–water partition coefficient (Wildman–Crippen LogP) is 3.79. The zero-order valence-corrected chi connectivity index (χ0v) is 25.1. The van der Waals surface area contributed by atoms with Gasteiger partial charge in [-0.15, -0.1) is 0 Å². The van der Waals surface area contributed by atoms with Crippen molar-refractivity contribution in [3.05, 3.63) is 35.9 Å². The molecule has 3 aliphatic rings. The van der Waals surface area contributed by atoms with Gasteiger partial charge < -0.3 is 34.4 Å². The molecule has 1 aliphatic carbocycles. The number of anilines is 2. The Morgan fingerprint density at radius 1 is 0.976 bits per heavy atom. The van der Waals surface area contributed by atoms with Crippen molar-refractivity contribution in [2.75, 3.05) is 62.8 Å². The van der Waals surface area contributed by atoms with Crippen molar-refractivity contribution in [1.29, 1.82) is 0 Å². The van der Waals surface area contributed by atoms with E-state index >= 15 is 0 Å². The van der Waals surface area contributed by atoms with Gasteiger partial charge in [-0.25, -0.2) is 4.98 Å². The summed E-state index contributed by atoms with van der Waals surface area (Å²) in [5, 5.41) is 14.9. The van der Waals surface area contributed by atoms with Gasteiger partial charge in [0.25, 0.3) is 0 Å². The van der Waals surface area contributed by atoms with Gasteiger partial charge in [0.1, 0.15) is 11.6 Å². The summed E-state index contributed by atoms with van der Waals surface area (Å²) in [5.74, 6) is 2.75. The lowest BCUT2D eigenvalue weighted by molar-refractivity contribution is -0.00570. The van der Waals surface area contributed by atoms with Gasteiger partial charge >= 0.3 is 0 Å². The first kappa shape index (κ1) is 29.0. The van der Waals surface area contributed by atoms with E-state index in [-0.39, 0.29) is 18.3 Å². The van der Waals surface area contributed by atoms with Crippen LogP contribution in [0.2, 0.25) is 0 Å². The van der Waals surface area contributed by atoms with Crippen molar-refractivity contribution >= 4 is 22.8 Å². The first-order chi connectivity index (χ1) is 20.5. The number of aliphatic hydroxyl groups is 1. The van der Waals surface area contributed by atoms with Crippen LogP contribution in [0.3, 0.4) is 0 Å². The zero-order chi connectivity index (χ0) is 29.1. The van der Waals surface area contributed by atoms with Gasteiger partial charge in [0.2, 0.25) is 5.95 Å². The van der Waals surface area contributed by atoms with Crippen molar-refractivity contribution < 1.29 is 19.3 Å². The fourth-order valence-corrected chi connectivity index (χ4v) is 6.54. The van der Waals surface area contributed by atoms with E-state index in [0.717, 1.165) is 85.8 Å². The van der Waals surface area contributed by atoms with Crippen LogP contribution < -0.4 is 19.9 Å². The van der Waals surface area contributed by atoms with E-state index in [0.29, 0.717) is 37.3 Å². The second-order valence-corrected chi connectivity index (χ2v) is 11.9. The van der Waals surface area contributed by atoms with Crippen LogP contribution in [0.25, 0.3) is 22.3 Å². The summed E-state index contributed by atoms with van der Waals surface area (Å²) in [6.45, 7) is 10.1. The minimum Gasteiger partial charge on any atom is -0.496 e. The van der Waals surface area contributed by atoms with Crippen LogP contribution in [-0.4, -0.2) is 91.4 Å². The fraction of sp³-hybridized carbons (Fsp3) is 0.594. The summed E-state index contributed by atoms with van der Waals surface area (Å²) in [4.78, 5) is 19.7. The van der Waals surface area contributed by atoms with E-state index in [4.69, 9.17) is 29.2 Å². The molecule has 2 aliphatic heterocycles. The highest BCUT2D eigenvalue weighted by molar-refractivity contribution is 5.90.